The van der Waals surface area contributed by atoms with Gasteiger partial charge in [-0.05, 0) is 41.6 Å². The number of nitrogens with zero attached hydrogens (tertiary/aromatic N) is 4. The fraction of sp³-hybridized carbons (Fsp3) is 0.370. The summed E-state index contributed by atoms with van der Waals surface area (Å²) in [6.07, 6.45) is 2.37. The Balaban J connectivity index is 1.50. The van der Waals surface area contributed by atoms with E-state index in [1.165, 1.54) is 21.7 Å². The Morgan fingerprint density at radius 2 is 0.842 bits per heavy atom. The first-order valence-corrected chi connectivity index (χ1v) is 19.7. The van der Waals surface area contributed by atoms with Crippen LogP contribution < -0.4 is 11.1 Å². The first-order valence-electron chi connectivity index (χ1n) is 19.7. The molecule has 3 N–H and O–H groups in total. The molecule has 1 aliphatic heterocycles. The van der Waals surface area contributed by atoms with Gasteiger partial charge in [-0.15, -0.1) is 0 Å². The summed E-state index contributed by atoms with van der Waals surface area (Å²) in [6.45, 7) is 1.39. The average molecular weight is 773 g/mol. The van der Waals surface area contributed by atoms with Crippen LogP contribution >= 0.6 is 0 Å². The van der Waals surface area contributed by atoms with Crippen molar-refractivity contribution in [1.29, 1.82) is 0 Å². The number of amides is 5. The number of rotatable bonds is 17. The number of hydrogen-bond donors (Lipinski definition) is 2. The van der Waals surface area contributed by atoms with E-state index in [9.17, 15) is 19.2 Å². The number of nitrogens with two attached hydrogens (primary N) is 1. The normalized spacial score (nSPS) is 16.0. The summed E-state index contributed by atoms with van der Waals surface area (Å²) < 4.78 is 0. The Labute approximate surface area is 336 Å². The first-order chi connectivity index (χ1) is 27.5. The standard InChI is InChI=1S/C46H56N6O5/c1-49(38(42(47)53)28-33-18-9-5-10-19-33)44(55)40(30-35-22-13-7-14-23-35)51(3)46(57)41(31-36-24-15-8-16-25-36)52(4)45(56)39(29-34-20-11-6-12-21-34)50(2)43(54)37-26-17-27-48-32-37/h5-16,18-25,37-41,48H,17,26-32H2,1-4H3,(H2,47,53)/t37?,38-,39-,40-,41-/m0/s1. The van der Waals surface area contributed by atoms with Crippen molar-refractivity contribution >= 4 is 29.5 Å². The molecule has 5 amide bonds. The zero-order valence-corrected chi connectivity index (χ0v) is 33.5. The van der Waals surface area contributed by atoms with E-state index in [4.69, 9.17) is 5.73 Å². The molecular weight excluding hydrogens is 717 g/mol. The van der Waals surface area contributed by atoms with Crippen molar-refractivity contribution in [3.05, 3.63) is 144 Å². The molecule has 0 aliphatic carbocycles. The Morgan fingerprint density at radius 1 is 0.526 bits per heavy atom. The second kappa shape index (κ2) is 20.4. The highest BCUT2D eigenvalue weighted by Gasteiger charge is 2.41. The molecule has 0 saturated carbocycles. The Morgan fingerprint density at radius 3 is 1.16 bits per heavy atom. The van der Waals surface area contributed by atoms with Crippen LogP contribution in [0.4, 0.5) is 0 Å². The Hall–Kier alpha value is -5.81. The van der Waals surface area contributed by atoms with Crippen LogP contribution in [0.25, 0.3) is 0 Å². The largest absolute Gasteiger partial charge is 0.368 e. The maximum absolute atomic E-state index is 15.1. The summed E-state index contributed by atoms with van der Waals surface area (Å²) in [5, 5.41) is 3.30. The summed E-state index contributed by atoms with van der Waals surface area (Å²) in [5.41, 5.74) is 9.25. The van der Waals surface area contributed by atoms with Gasteiger partial charge in [0.05, 0.1) is 5.92 Å². The van der Waals surface area contributed by atoms with Crippen molar-refractivity contribution in [3.63, 3.8) is 0 Å². The lowest BCUT2D eigenvalue weighted by Crippen LogP contribution is -2.60. The fourth-order valence-electron chi connectivity index (χ4n) is 7.62. The van der Waals surface area contributed by atoms with Crippen LogP contribution in [0.2, 0.25) is 0 Å². The first kappa shape index (κ1) is 42.3. The number of primary amides is 1. The molecule has 5 atom stereocenters. The molecule has 11 heteroatoms. The van der Waals surface area contributed by atoms with Crippen LogP contribution in [-0.2, 0) is 49.7 Å². The van der Waals surface area contributed by atoms with Crippen molar-refractivity contribution in [2.75, 3.05) is 41.3 Å². The third-order valence-corrected chi connectivity index (χ3v) is 11.2. The van der Waals surface area contributed by atoms with E-state index in [1.807, 2.05) is 121 Å². The summed E-state index contributed by atoms with van der Waals surface area (Å²) in [6, 6.07) is 33.7. The molecule has 57 heavy (non-hydrogen) atoms. The van der Waals surface area contributed by atoms with E-state index in [0.717, 1.165) is 41.6 Å². The van der Waals surface area contributed by atoms with E-state index < -0.39 is 41.9 Å². The third kappa shape index (κ3) is 11.2. The average Bonchev–Trinajstić information content (AvgIpc) is 3.25. The lowest BCUT2D eigenvalue weighted by Gasteiger charge is -2.39. The van der Waals surface area contributed by atoms with Crippen molar-refractivity contribution in [2.45, 2.75) is 62.7 Å². The van der Waals surface area contributed by atoms with Gasteiger partial charge in [-0.3, -0.25) is 24.0 Å². The second-order valence-electron chi connectivity index (χ2n) is 15.1. The van der Waals surface area contributed by atoms with Gasteiger partial charge in [-0.1, -0.05) is 121 Å². The minimum atomic E-state index is -1.05. The zero-order chi connectivity index (χ0) is 40.9. The molecule has 300 valence electrons. The van der Waals surface area contributed by atoms with Gasteiger partial charge in [0, 0.05) is 60.4 Å². The monoisotopic (exact) mass is 772 g/mol. The lowest BCUT2D eigenvalue weighted by atomic mass is 9.95. The summed E-state index contributed by atoms with van der Waals surface area (Å²) in [5.74, 6) is -2.36. The summed E-state index contributed by atoms with van der Waals surface area (Å²) in [7, 11) is 6.38. The fourth-order valence-corrected chi connectivity index (χ4v) is 7.62. The molecule has 11 nitrogen and oxygen atoms in total. The number of carbonyl (C=O) groups excluding carboxylic acids is 5. The SMILES string of the molecule is CN(C(=O)C1CCCNC1)[C@@H](Cc1ccccc1)C(=O)N(C)[C@@H](Cc1ccccc1)C(=O)N(C)[C@@H](Cc1ccccc1)C(=O)N(C)[C@@H](Cc1ccccc1)C(N)=O. The maximum atomic E-state index is 15.1. The van der Waals surface area contributed by atoms with Gasteiger partial charge in [0.25, 0.3) is 0 Å². The molecule has 1 unspecified atom stereocenters. The van der Waals surface area contributed by atoms with Crippen LogP contribution in [0.5, 0.6) is 0 Å². The molecular formula is C46H56N6O5. The van der Waals surface area contributed by atoms with Crippen molar-refractivity contribution in [1.82, 2.24) is 24.9 Å². The molecule has 5 rings (SSSR count). The number of carbonyl (C=O) groups is 5. The minimum Gasteiger partial charge on any atom is -0.368 e. The molecule has 0 bridgehead atoms. The number of nitrogens with one attached hydrogen (secondary N) is 1. The molecule has 0 radical (unpaired) electrons. The topological polar surface area (TPSA) is 136 Å². The van der Waals surface area contributed by atoms with Gasteiger partial charge < -0.3 is 30.7 Å². The highest BCUT2D eigenvalue weighted by Crippen LogP contribution is 2.22. The highest BCUT2D eigenvalue weighted by molar-refractivity contribution is 5.96. The van der Waals surface area contributed by atoms with E-state index >= 15 is 4.79 Å². The molecule has 1 saturated heterocycles. The lowest BCUT2D eigenvalue weighted by molar-refractivity contribution is -0.154. The third-order valence-electron chi connectivity index (χ3n) is 11.2. The van der Waals surface area contributed by atoms with Crippen LogP contribution in [0, 0.1) is 5.92 Å². The van der Waals surface area contributed by atoms with Gasteiger partial charge in [0.2, 0.25) is 29.5 Å². The van der Waals surface area contributed by atoms with Crippen LogP contribution in [0.1, 0.15) is 35.1 Å². The van der Waals surface area contributed by atoms with Gasteiger partial charge in [0.1, 0.15) is 24.2 Å². The second-order valence-corrected chi connectivity index (χ2v) is 15.1. The van der Waals surface area contributed by atoms with Crippen LogP contribution in [0.15, 0.2) is 121 Å². The number of piperidine rings is 1. The van der Waals surface area contributed by atoms with Crippen molar-refractivity contribution in [3.8, 4) is 0 Å². The predicted octanol–water partition coefficient (Wildman–Crippen LogP) is 3.75. The molecule has 0 aromatic heterocycles. The minimum absolute atomic E-state index is 0.121. The number of hydrogen-bond acceptors (Lipinski definition) is 6. The van der Waals surface area contributed by atoms with E-state index in [1.54, 1.807) is 26.0 Å². The van der Waals surface area contributed by atoms with Crippen LogP contribution in [0.3, 0.4) is 0 Å². The van der Waals surface area contributed by atoms with Crippen molar-refractivity contribution < 1.29 is 24.0 Å². The number of benzene rings is 4. The Kier molecular flexibility index (Phi) is 15.1. The Bertz CT molecular complexity index is 1920. The predicted molar refractivity (Wildman–Crippen MR) is 222 cm³/mol. The summed E-state index contributed by atoms with van der Waals surface area (Å²) in [4.78, 5) is 77.1. The maximum Gasteiger partial charge on any atom is 0.246 e. The quantitative estimate of drug-likeness (QED) is 0.168. The van der Waals surface area contributed by atoms with Crippen molar-refractivity contribution in [2.24, 2.45) is 11.7 Å². The van der Waals surface area contributed by atoms with E-state index in [-0.39, 0.29) is 43.4 Å². The van der Waals surface area contributed by atoms with Gasteiger partial charge in [0.15, 0.2) is 0 Å². The van der Waals surface area contributed by atoms with E-state index in [0.29, 0.717) is 6.54 Å². The van der Waals surface area contributed by atoms with Gasteiger partial charge in [-0.2, -0.15) is 0 Å². The molecule has 1 heterocycles. The molecule has 1 fully saturated rings. The smallest absolute Gasteiger partial charge is 0.246 e. The molecule has 4 aromatic carbocycles. The number of likely N-dealkylation sites (N-methyl/N-ethyl adjacent to an activating group) is 4. The van der Waals surface area contributed by atoms with Crippen LogP contribution in [-0.4, -0.2) is 115 Å². The molecule has 1 aliphatic rings. The summed E-state index contributed by atoms with van der Waals surface area (Å²) >= 11 is 0. The van der Waals surface area contributed by atoms with E-state index in [2.05, 4.69) is 5.32 Å². The zero-order valence-electron chi connectivity index (χ0n) is 33.5. The highest BCUT2D eigenvalue weighted by atomic mass is 16.2. The molecule has 0 spiro atoms. The molecule has 4 aromatic rings. The van der Waals surface area contributed by atoms with Gasteiger partial charge in [-0.25, -0.2) is 0 Å². The van der Waals surface area contributed by atoms with Gasteiger partial charge >= 0.3 is 0 Å².